The molecule has 2 amide bonds. The van der Waals surface area contributed by atoms with Crippen LogP contribution in [0.15, 0.2) is 96.1 Å². The van der Waals surface area contributed by atoms with E-state index in [-0.39, 0.29) is 11.8 Å². The largest absolute Gasteiger partial charge is 0.273 e. The number of amides is 2. The topological polar surface area (TPSA) is 53.0 Å². The second-order valence-electron chi connectivity index (χ2n) is 7.36. The smallest absolute Gasteiger partial charge is 0.259 e. The zero-order valence-corrected chi connectivity index (χ0v) is 17.2. The van der Waals surface area contributed by atoms with Gasteiger partial charge in [-0.15, -0.1) is 0 Å². The van der Waals surface area contributed by atoms with Gasteiger partial charge in [-0.1, -0.05) is 66.2 Å². The lowest BCUT2D eigenvalue weighted by atomic mass is 9.97. The van der Waals surface area contributed by atoms with E-state index in [1.807, 2.05) is 72.8 Å². The van der Waals surface area contributed by atoms with Gasteiger partial charge in [-0.3, -0.25) is 14.6 Å². The van der Waals surface area contributed by atoms with E-state index in [1.165, 1.54) is 4.90 Å². The highest BCUT2D eigenvalue weighted by Crippen LogP contribution is 2.38. The van der Waals surface area contributed by atoms with Crippen molar-refractivity contribution >= 4 is 46.6 Å². The van der Waals surface area contributed by atoms with Gasteiger partial charge in [0, 0.05) is 5.02 Å². The Morgan fingerprint density at radius 2 is 1.39 bits per heavy atom. The molecule has 0 bridgehead atoms. The maximum atomic E-state index is 13.4. The van der Waals surface area contributed by atoms with Crippen LogP contribution in [0.3, 0.4) is 0 Å². The van der Waals surface area contributed by atoms with Crippen LogP contribution in [0.5, 0.6) is 0 Å². The molecule has 0 radical (unpaired) electrons. The molecule has 5 nitrogen and oxygen atoms in total. The van der Waals surface area contributed by atoms with Crippen molar-refractivity contribution in [2.24, 2.45) is 11.0 Å². The van der Waals surface area contributed by atoms with Crippen LogP contribution < -0.4 is 9.91 Å². The standard InChI is InChI=1S/C25H18ClN3O2/c26-18-12-14-19(15-13-18)28-24(30)22-21(16-11-17-7-3-1-4-8-17)27-29(23(22)25(28)31)20-9-5-2-6-10-20/h1-16,22-23H/b16-11+. The zero-order chi connectivity index (χ0) is 21.4. The van der Waals surface area contributed by atoms with Crippen LogP contribution in [0, 0.1) is 5.92 Å². The molecule has 2 atom stereocenters. The summed E-state index contributed by atoms with van der Waals surface area (Å²) >= 11 is 5.99. The predicted molar refractivity (Wildman–Crippen MR) is 123 cm³/mol. The highest BCUT2D eigenvalue weighted by Gasteiger charge is 2.56. The summed E-state index contributed by atoms with van der Waals surface area (Å²) < 4.78 is 0. The molecule has 2 aliphatic heterocycles. The number of carbonyl (C=O) groups is 2. The van der Waals surface area contributed by atoms with Crippen LogP contribution in [-0.4, -0.2) is 23.6 Å². The van der Waals surface area contributed by atoms with E-state index >= 15 is 0 Å². The summed E-state index contributed by atoms with van der Waals surface area (Å²) in [6, 6.07) is 25.2. The average Bonchev–Trinajstić information content (AvgIpc) is 3.31. The number of fused-ring (bicyclic) bond motifs is 1. The van der Waals surface area contributed by atoms with Gasteiger partial charge >= 0.3 is 0 Å². The third kappa shape index (κ3) is 3.43. The number of hydrazone groups is 1. The number of halogens is 1. The molecule has 0 N–H and O–H groups in total. The minimum absolute atomic E-state index is 0.285. The summed E-state index contributed by atoms with van der Waals surface area (Å²) in [7, 11) is 0. The van der Waals surface area contributed by atoms with Crippen LogP contribution in [0.1, 0.15) is 5.56 Å². The third-order valence-electron chi connectivity index (χ3n) is 5.43. The molecule has 2 heterocycles. The van der Waals surface area contributed by atoms with E-state index in [0.29, 0.717) is 16.4 Å². The SMILES string of the molecule is O=C1C2C(/C=C/c3ccccc3)=NN(c3ccccc3)C2C(=O)N1c1ccc(Cl)cc1. The summed E-state index contributed by atoms with van der Waals surface area (Å²) in [4.78, 5) is 28.1. The number of anilines is 2. The second kappa shape index (κ2) is 7.85. The van der Waals surface area contributed by atoms with Crippen molar-refractivity contribution in [3.05, 3.63) is 102 Å². The lowest BCUT2D eigenvalue weighted by molar-refractivity contribution is -0.121. The normalized spacial score (nSPS) is 20.5. The van der Waals surface area contributed by atoms with Gasteiger partial charge in [0.2, 0.25) is 5.91 Å². The summed E-state index contributed by atoms with van der Waals surface area (Å²) in [6.07, 6.45) is 3.74. The van der Waals surface area contributed by atoms with Crippen molar-refractivity contribution in [2.45, 2.75) is 6.04 Å². The second-order valence-corrected chi connectivity index (χ2v) is 7.80. The highest BCUT2D eigenvalue weighted by molar-refractivity contribution is 6.34. The number of rotatable bonds is 4. The Kier molecular flexibility index (Phi) is 4.88. The van der Waals surface area contributed by atoms with Crippen molar-refractivity contribution in [1.82, 2.24) is 0 Å². The number of imide groups is 1. The van der Waals surface area contributed by atoms with Gasteiger partial charge < -0.3 is 0 Å². The third-order valence-corrected chi connectivity index (χ3v) is 5.68. The molecule has 0 spiro atoms. The maximum absolute atomic E-state index is 13.4. The van der Waals surface area contributed by atoms with E-state index < -0.39 is 12.0 Å². The van der Waals surface area contributed by atoms with Gasteiger partial charge in [-0.2, -0.15) is 5.10 Å². The Labute approximate surface area is 184 Å². The molecule has 3 aromatic rings. The first-order valence-electron chi connectivity index (χ1n) is 9.93. The van der Waals surface area contributed by atoms with Gasteiger partial charge in [0.05, 0.1) is 17.1 Å². The summed E-state index contributed by atoms with van der Waals surface area (Å²) in [5.41, 5.74) is 2.83. The molecular formula is C25H18ClN3O2. The number of nitrogens with zero attached hydrogens (tertiary/aromatic N) is 3. The minimum atomic E-state index is -0.721. The molecule has 31 heavy (non-hydrogen) atoms. The molecule has 0 aliphatic carbocycles. The van der Waals surface area contributed by atoms with Gasteiger partial charge in [-0.25, -0.2) is 4.90 Å². The molecule has 0 aromatic heterocycles. The first-order chi connectivity index (χ1) is 15.1. The highest BCUT2D eigenvalue weighted by atomic mass is 35.5. The van der Waals surface area contributed by atoms with E-state index in [1.54, 1.807) is 29.3 Å². The Morgan fingerprint density at radius 1 is 0.742 bits per heavy atom. The monoisotopic (exact) mass is 427 g/mol. The van der Waals surface area contributed by atoms with Crippen molar-refractivity contribution < 1.29 is 9.59 Å². The number of para-hydroxylation sites is 1. The molecular weight excluding hydrogens is 410 g/mol. The van der Waals surface area contributed by atoms with E-state index in [4.69, 9.17) is 11.6 Å². The molecule has 1 saturated heterocycles. The van der Waals surface area contributed by atoms with Gasteiger partial charge in [0.1, 0.15) is 12.0 Å². The lowest BCUT2D eigenvalue weighted by Crippen LogP contribution is -2.39. The first-order valence-corrected chi connectivity index (χ1v) is 10.3. The number of allylic oxidation sites excluding steroid dienone is 1. The molecule has 1 fully saturated rings. The van der Waals surface area contributed by atoms with Crippen LogP contribution in [0.2, 0.25) is 5.02 Å². The molecule has 6 heteroatoms. The quantitative estimate of drug-likeness (QED) is 0.562. The fourth-order valence-electron chi connectivity index (χ4n) is 3.97. The van der Waals surface area contributed by atoms with Crippen LogP contribution in [0.25, 0.3) is 6.08 Å². The Hall–Kier alpha value is -3.70. The number of hydrogen-bond donors (Lipinski definition) is 0. The van der Waals surface area contributed by atoms with E-state index in [9.17, 15) is 9.59 Å². The lowest BCUT2D eigenvalue weighted by Gasteiger charge is -2.22. The van der Waals surface area contributed by atoms with Crippen LogP contribution >= 0.6 is 11.6 Å². The Morgan fingerprint density at radius 3 is 2.06 bits per heavy atom. The zero-order valence-electron chi connectivity index (χ0n) is 16.4. The van der Waals surface area contributed by atoms with Crippen molar-refractivity contribution in [2.75, 3.05) is 9.91 Å². The molecule has 3 aromatic carbocycles. The number of carbonyl (C=O) groups excluding carboxylic acids is 2. The molecule has 2 unspecified atom stereocenters. The van der Waals surface area contributed by atoms with Crippen molar-refractivity contribution in [1.29, 1.82) is 0 Å². The molecule has 2 aliphatic rings. The molecule has 5 rings (SSSR count). The van der Waals surface area contributed by atoms with Crippen LogP contribution in [-0.2, 0) is 9.59 Å². The summed E-state index contributed by atoms with van der Waals surface area (Å²) in [5.74, 6) is -1.26. The molecule has 0 saturated carbocycles. The van der Waals surface area contributed by atoms with Crippen molar-refractivity contribution in [3.8, 4) is 0 Å². The predicted octanol–water partition coefficient (Wildman–Crippen LogP) is 4.79. The Bertz CT molecular complexity index is 1190. The number of hydrogen-bond acceptors (Lipinski definition) is 4. The average molecular weight is 428 g/mol. The fraction of sp³-hybridized carbons (Fsp3) is 0.0800. The van der Waals surface area contributed by atoms with E-state index in [2.05, 4.69) is 5.10 Å². The van der Waals surface area contributed by atoms with Gasteiger partial charge in [0.15, 0.2) is 0 Å². The molecule has 152 valence electrons. The van der Waals surface area contributed by atoms with Gasteiger partial charge in [0.25, 0.3) is 5.91 Å². The maximum Gasteiger partial charge on any atom is 0.259 e. The minimum Gasteiger partial charge on any atom is -0.273 e. The van der Waals surface area contributed by atoms with Gasteiger partial charge in [-0.05, 0) is 48.0 Å². The summed E-state index contributed by atoms with van der Waals surface area (Å²) in [5, 5.41) is 6.88. The van der Waals surface area contributed by atoms with Crippen LogP contribution in [0.4, 0.5) is 11.4 Å². The first kappa shape index (κ1) is 19.3. The fourth-order valence-corrected chi connectivity index (χ4v) is 4.09. The Balaban J connectivity index is 1.56. The van der Waals surface area contributed by atoms with Crippen molar-refractivity contribution in [3.63, 3.8) is 0 Å². The number of benzene rings is 3. The van der Waals surface area contributed by atoms with E-state index in [0.717, 1.165) is 11.3 Å². The summed E-state index contributed by atoms with van der Waals surface area (Å²) in [6.45, 7) is 0.